The molecule has 0 saturated heterocycles. The van der Waals surface area contributed by atoms with Gasteiger partial charge < -0.3 is 23.7 Å². The van der Waals surface area contributed by atoms with Gasteiger partial charge in [-0.3, -0.25) is 9.97 Å². The van der Waals surface area contributed by atoms with Crippen molar-refractivity contribution in [3.8, 4) is 11.3 Å². The third-order valence-electron chi connectivity index (χ3n) is 8.80. The lowest BCUT2D eigenvalue weighted by Crippen LogP contribution is -2.32. The Labute approximate surface area is 331 Å². The van der Waals surface area contributed by atoms with Crippen LogP contribution in [0.1, 0.15) is 11.3 Å². The summed E-state index contributed by atoms with van der Waals surface area (Å²) in [7, 11) is 4.29. The molecule has 0 amide bonds. The van der Waals surface area contributed by atoms with Crippen LogP contribution in [-0.4, -0.2) is 60.8 Å². The second-order valence-corrected chi connectivity index (χ2v) is 13.8. The van der Waals surface area contributed by atoms with E-state index in [1.807, 2.05) is 114 Å². The third kappa shape index (κ3) is 8.54. The molecule has 1 aromatic carbocycles. The Morgan fingerprint density at radius 1 is 0.618 bits per heavy atom. The highest BCUT2D eigenvalue weighted by Crippen LogP contribution is 2.30. The zero-order chi connectivity index (χ0) is 38.6. The van der Waals surface area contributed by atoms with Gasteiger partial charge in [0.25, 0.3) is 0 Å². The molecule has 0 atom stereocenters. The molecule has 9 aromatic rings. The van der Waals surface area contributed by atoms with E-state index in [1.54, 1.807) is 24.5 Å². The molecule has 0 fully saturated rings. The van der Waals surface area contributed by atoms with Crippen LogP contribution in [0.25, 0.3) is 61.5 Å². The number of hydrogen-bond donors (Lipinski definition) is 2. The van der Waals surface area contributed by atoms with Gasteiger partial charge in [-0.2, -0.15) is 0 Å². The number of nitrogens with zero attached hydrogens (tertiary/aromatic N) is 9. The Morgan fingerprint density at radius 2 is 1.20 bits per heavy atom. The first-order chi connectivity index (χ1) is 26.5. The van der Waals surface area contributed by atoms with Crippen LogP contribution in [0.2, 0.25) is 15.3 Å². The minimum atomic E-state index is -1.50. The number of benzene rings is 1. The number of aryl methyl sites for hydroxylation is 3. The predicted octanol–water partition coefficient (Wildman–Crippen LogP) is 7.62. The topological polar surface area (TPSA) is 133 Å². The molecule has 15 heteroatoms. The molecule has 8 heterocycles. The van der Waals surface area contributed by atoms with Crippen LogP contribution in [0.5, 0.6) is 0 Å². The molecule has 0 spiro atoms. The Kier molecular flexibility index (Phi) is 11.2. The summed E-state index contributed by atoms with van der Waals surface area (Å²) in [6, 6.07) is 24.7. The van der Waals surface area contributed by atoms with Crippen molar-refractivity contribution in [1.29, 1.82) is 0 Å². The average Bonchev–Trinajstić information content (AvgIpc) is 3.99. The van der Waals surface area contributed by atoms with E-state index in [9.17, 15) is 0 Å². The molecule has 0 unspecified atom stereocenters. The first-order valence-corrected chi connectivity index (χ1v) is 18.2. The maximum absolute atomic E-state index is 8.90. The van der Waals surface area contributed by atoms with Crippen LogP contribution in [0.15, 0.2) is 116 Å². The molecule has 0 bridgehead atoms. The quantitative estimate of drug-likeness (QED) is 0.135. The minimum Gasteiger partial charge on any atom is -0.422 e. The molecule has 55 heavy (non-hydrogen) atoms. The van der Waals surface area contributed by atoms with E-state index in [0.29, 0.717) is 15.3 Å². The Hall–Kier alpha value is -5.63. The average molecular weight is 789 g/mol. The van der Waals surface area contributed by atoms with E-state index >= 15 is 0 Å². The van der Waals surface area contributed by atoms with Gasteiger partial charge in [0.05, 0.1) is 28.0 Å². The van der Waals surface area contributed by atoms with Gasteiger partial charge in [-0.05, 0) is 72.3 Å². The van der Waals surface area contributed by atoms with Crippen LogP contribution >= 0.6 is 34.8 Å². The van der Waals surface area contributed by atoms with Crippen molar-refractivity contribution in [3.63, 3.8) is 0 Å². The van der Waals surface area contributed by atoms with Gasteiger partial charge in [0, 0.05) is 85.3 Å². The number of allylic oxidation sites excluding steroid dienone is 1. The number of pyridine rings is 4. The standard InChI is InChI=1S/C16H11ClN4.C8H9BN2O2.C8H7ClN2.C8H6ClN/c1-21-7-4-10-2-3-13(20-16(10)21)12-8-11(17)9-14-15(12)19-6-5-18-14;1-11-5-4-6-2-3-7(9(12)13)10-8(6)11;1-11-5-4-6-2-3-7(9)10-8(6)11;9-8-5-4-6-2-1-3-7(6)10-8/h2-9H,1H3;2-5,12-13H,1H3;2-5H,1H3;1-2,4-5H,3H2. The molecule has 11 nitrogen and oxygen atoms in total. The number of halogens is 3. The van der Waals surface area contributed by atoms with Crippen LogP contribution < -0.4 is 5.59 Å². The van der Waals surface area contributed by atoms with E-state index in [2.05, 4.69) is 43.1 Å². The monoisotopic (exact) mass is 787 g/mol. The van der Waals surface area contributed by atoms with Crippen molar-refractivity contribution < 1.29 is 10.0 Å². The Morgan fingerprint density at radius 3 is 1.89 bits per heavy atom. The zero-order valence-electron chi connectivity index (χ0n) is 29.9. The summed E-state index contributed by atoms with van der Waals surface area (Å²) in [4.78, 5) is 25.9. The molecule has 8 aromatic heterocycles. The molecule has 1 aliphatic carbocycles. The number of hydrogen-bond acceptors (Lipinski definition) is 8. The first-order valence-electron chi connectivity index (χ1n) is 17.0. The Bertz CT molecular complexity index is 2830. The van der Waals surface area contributed by atoms with Gasteiger partial charge in [0.2, 0.25) is 0 Å². The van der Waals surface area contributed by atoms with Crippen molar-refractivity contribution >= 4 is 97.7 Å². The van der Waals surface area contributed by atoms with Crippen LogP contribution in [0.4, 0.5) is 0 Å². The fourth-order valence-electron chi connectivity index (χ4n) is 6.02. The maximum Gasteiger partial charge on any atom is 0.508 e. The molecular formula is C40H33BCl3N9O2. The minimum absolute atomic E-state index is 0.273. The van der Waals surface area contributed by atoms with E-state index < -0.39 is 7.12 Å². The summed E-state index contributed by atoms with van der Waals surface area (Å²) in [6.45, 7) is 0. The molecule has 2 N–H and O–H groups in total. The fourth-order valence-corrected chi connectivity index (χ4v) is 6.54. The largest absolute Gasteiger partial charge is 0.508 e. The summed E-state index contributed by atoms with van der Waals surface area (Å²) >= 11 is 17.6. The lowest BCUT2D eigenvalue weighted by atomic mass is 9.86. The Balaban J connectivity index is 0.000000119. The van der Waals surface area contributed by atoms with Gasteiger partial charge in [-0.1, -0.05) is 59.1 Å². The van der Waals surface area contributed by atoms with E-state index in [0.717, 1.165) is 67.5 Å². The van der Waals surface area contributed by atoms with Crippen molar-refractivity contribution in [2.24, 2.45) is 21.1 Å². The zero-order valence-corrected chi connectivity index (χ0v) is 32.2. The summed E-state index contributed by atoms with van der Waals surface area (Å²) in [5, 5.41) is 22.8. The highest BCUT2D eigenvalue weighted by molar-refractivity contribution is 6.57. The van der Waals surface area contributed by atoms with E-state index in [-0.39, 0.29) is 5.59 Å². The summed E-state index contributed by atoms with van der Waals surface area (Å²) in [5.41, 5.74) is 8.50. The predicted molar refractivity (Wildman–Crippen MR) is 223 cm³/mol. The second kappa shape index (κ2) is 16.4. The van der Waals surface area contributed by atoms with Crippen molar-refractivity contribution in [1.82, 2.24) is 43.6 Å². The van der Waals surface area contributed by atoms with Gasteiger partial charge in [-0.25, -0.2) is 19.9 Å². The van der Waals surface area contributed by atoms with Crippen LogP contribution in [-0.2, 0) is 27.6 Å². The fraction of sp³-hybridized carbons (Fsp3) is 0.100. The van der Waals surface area contributed by atoms with E-state index in [4.69, 9.17) is 49.8 Å². The molecule has 274 valence electrons. The lowest BCUT2D eigenvalue weighted by Gasteiger charge is -2.06. The lowest BCUT2D eigenvalue weighted by molar-refractivity contribution is 0.424. The second-order valence-electron chi connectivity index (χ2n) is 12.6. The number of aromatic nitrogens is 9. The highest BCUT2D eigenvalue weighted by atomic mass is 35.5. The van der Waals surface area contributed by atoms with Gasteiger partial charge in [-0.15, -0.1) is 0 Å². The molecular weight excluding hydrogens is 756 g/mol. The highest BCUT2D eigenvalue weighted by Gasteiger charge is 2.14. The van der Waals surface area contributed by atoms with Gasteiger partial charge in [0.1, 0.15) is 27.2 Å². The van der Waals surface area contributed by atoms with Gasteiger partial charge in [0.15, 0.2) is 0 Å². The number of fused-ring (bicyclic) bond motifs is 5. The normalized spacial score (nSPS) is 11.5. The molecule has 0 aliphatic heterocycles. The summed E-state index contributed by atoms with van der Waals surface area (Å²) in [6.07, 6.45) is 14.3. The molecule has 0 saturated carbocycles. The smallest absolute Gasteiger partial charge is 0.422 e. The molecule has 1 aliphatic rings. The SMILES string of the molecule is Clc1ccc2c(n1)CC=C2.Cn1ccc2ccc(-c3cc(Cl)cc4nccnc34)nc21.Cn1ccc2ccc(B(O)O)nc21.Cn1ccc2ccc(Cl)nc21. The van der Waals surface area contributed by atoms with Crippen molar-refractivity contribution in [2.75, 3.05) is 0 Å². The maximum atomic E-state index is 8.90. The first kappa shape index (κ1) is 37.7. The van der Waals surface area contributed by atoms with Crippen LogP contribution in [0, 0.1) is 0 Å². The van der Waals surface area contributed by atoms with Crippen molar-refractivity contribution in [2.45, 2.75) is 6.42 Å². The third-order valence-corrected chi connectivity index (χ3v) is 9.44. The van der Waals surface area contributed by atoms with Crippen LogP contribution in [0.3, 0.4) is 0 Å². The van der Waals surface area contributed by atoms with Gasteiger partial charge >= 0.3 is 7.12 Å². The summed E-state index contributed by atoms with van der Waals surface area (Å²) in [5.74, 6) is 0. The van der Waals surface area contributed by atoms with Crippen molar-refractivity contribution in [3.05, 3.63) is 143 Å². The molecule has 0 radical (unpaired) electrons. The molecule has 10 rings (SSSR count). The van der Waals surface area contributed by atoms with E-state index in [1.165, 1.54) is 5.56 Å². The summed E-state index contributed by atoms with van der Waals surface area (Å²) < 4.78 is 5.78. The number of rotatable bonds is 2.